The van der Waals surface area contributed by atoms with Crippen LogP contribution in [-0.2, 0) is 0 Å². The molecule has 0 aliphatic carbocycles. The molecule has 58 heavy (non-hydrogen) atoms. The van der Waals surface area contributed by atoms with Crippen molar-refractivity contribution in [1.29, 1.82) is 0 Å². The third kappa shape index (κ3) is 5.11. The molecule has 4 nitrogen and oxygen atoms in total. The fourth-order valence-corrected chi connectivity index (χ4v) is 10.1. The maximum absolute atomic E-state index is 5.34. The minimum absolute atomic E-state index is 0.637. The summed E-state index contributed by atoms with van der Waals surface area (Å²) in [4.78, 5) is 15.2. The van der Waals surface area contributed by atoms with E-state index in [-0.39, 0.29) is 0 Å². The molecular formula is C53H32N4S. The molecule has 0 radical (unpaired) electrons. The van der Waals surface area contributed by atoms with Gasteiger partial charge in [0.25, 0.3) is 0 Å². The predicted molar refractivity (Wildman–Crippen MR) is 244 cm³/mol. The minimum Gasteiger partial charge on any atom is -0.309 e. The van der Waals surface area contributed by atoms with Crippen molar-refractivity contribution in [3.05, 3.63) is 194 Å². The number of thiophene rings is 1. The average Bonchev–Trinajstić information content (AvgIpc) is 3.86. The van der Waals surface area contributed by atoms with E-state index in [1.807, 2.05) is 23.6 Å². The van der Waals surface area contributed by atoms with Crippen LogP contribution in [0.2, 0.25) is 0 Å². The third-order valence-corrected chi connectivity index (χ3v) is 12.6. The lowest BCUT2D eigenvalue weighted by Crippen LogP contribution is -1.98. The lowest BCUT2D eigenvalue weighted by Gasteiger charge is -2.14. The van der Waals surface area contributed by atoms with Gasteiger partial charge in [0.2, 0.25) is 0 Å². The van der Waals surface area contributed by atoms with E-state index in [0.717, 1.165) is 50.1 Å². The molecule has 0 amide bonds. The number of nitrogens with zero attached hydrogens (tertiary/aromatic N) is 4. The molecule has 0 spiro atoms. The number of benzene rings is 8. The van der Waals surface area contributed by atoms with Gasteiger partial charge in [0.1, 0.15) is 0 Å². The van der Waals surface area contributed by atoms with Crippen LogP contribution in [0.4, 0.5) is 0 Å². The van der Waals surface area contributed by atoms with Crippen molar-refractivity contribution in [3.63, 3.8) is 0 Å². The van der Waals surface area contributed by atoms with Crippen LogP contribution in [0.25, 0.3) is 114 Å². The second kappa shape index (κ2) is 13.1. The van der Waals surface area contributed by atoms with E-state index in [1.165, 1.54) is 52.8 Å². The second-order valence-electron chi connectivity index (χ2n) is 14.8. The second-order valence-corrected chi connectivity index (χ2v) is 15.8. The molecule has 0 aliphatic rings. The van der Waals surface area contributed by atoms with Crippen LogP contribution < -0.4 is 0 Å². The summed E-state index contributed by atoms with van der Waals surface area (Å²) in [7, 11) is 0. The Morgan fingerprint density at radius 2 is 1.02 bits per heavy atom. The van der Waals surface area contributed by atoms with E-state index in [0.29, 0.717) is 11.5 Å². The highest BCUT2D eigenvalue weighted by atomic mass is 32.1. The Morgan fingerprint density at radius 1 is 0.414 bits per heavy atom. The van der Waals surface area contributed by atoms with E-state index in [1.54, 1.807) is 0 Å². The standard InChI is InChI=1S/C53H32N4S/c1-3-14-33(15-4-1)36-30-37(34-16-5-2-6-17-34)32-38(31-36)49-44-22-13-29-54-53(44)56-52(55-49)35-25-27-39(28-26-35)57-45-23-11-9-20-42(45)47-48-43-21-10-12-24-46(43)58-51(48)41-19-8-7-18-40(41)50(47)57/h1-32H. The van der Waals surface area contributed by atoms with E-state index < -0.39 is 0 Å². The third-order valence-electron chi connectivity index (χ3n) is 11.4. The zero-order valence-corrected chi connectivity index (χ0v) is 32.0. The Labute approximate surface area is 338 Å². The molecule has 0 N–H and O–H groups in total. The number of para-hydroxylation sites is 1. The highest BCUT2D eigenvalue weighted by Crippen LogP contribution is 2.48. The van der Waals surface area contributed by atoms with Gasteiger partial charge < -0.3 is 4.57 Å². The molecule has 8 aromatic carbocycles. The molecule has 0 aliphatic heterocycles. The fraction of sp³-hybridized carbons (Fsp3) is 0. The van der Waals surface area contributed by atoms with E-state index in [2.05, 4.69) is 187 Å². The lowest BCUT2D eigenvalue weighted by atomic mass is 9.94. The number of hydrogen-bond acceptors (Lipinski definition) is 4. The lowest BCUT2D eigenvalue weighted by molar-refractivity contribution is 1.17. The zero-order valence-electron chi connectivity index (χ0n) is 31.2. The van der Waals surface area contributed by atoms with Crippen LogP contribution in [0.3, 0.4) is 0 Å². The SMILES string of the molecule is c1ccc(-c2cc(-c3ccccc3)cc(-c3nc(-c4ccc(-n5c6ccccc6c6c7c8ccccc8sc7c7ccccc7c65)cc4)nc4ncccc34)c2)cc1. The quantitative estimate of drug-likeness (QED) is 0.176. The molecule has 0 atom stereocenters. The molecule has 4 aromatic heterocycles. The molecule has 0 unspecified atom stereocenters. The van der Waals surface area contributed by atoms with Crippen LogP contribution in [0.5, 0.6) is 0 Å². The molecule has 270 valence electrons. The maximum atomic E-state index is 5.34. The summed E-state index contributed by atoms with van der Waals surface area (Å²) in [6, 6.07) is 67.1. The van der Waals surface area contributed by atoms with Crippen LogP contribution in [-0.4, -0.2) is 19.5 Å². The Morgan fingerprint density at radius 3 is 1.76 bits per heavy atom. The molecule has 5 heteroatoms. The zero-order chi connectivity index (χ0) is 38.2. The summed E-state index contributed by atoms with van der Waals surface area (Å²) in [5, 5.41) is 8.63. The van der Waals surface area contributed by atoms with Crippen molar-refractivity contribution in [1.82, 2.24) is 19.5 Å². The van der Waals surface area contributed by atoms with Gasteiger partial charge >= 0.3 is 0 Å². The maximum Gasteiger partial charge on any atom is 0.163 e. The first-order valence-electron chi connectivity index (χ1n) is 19.5. The van der Waals surface area contributed by atoms with Gasteiger partial charge in [-0.2, -0.15) is 0 Å². The van der Waals surface area contributed by atoms with Gasteiger partial charge in [0.05, 0.1) is 16.7 Å². The van der Waals surface area contributed by atoms with Gasteiger partial charge in [-0.05, 0) is 89.0 Å². The van der Waals surface area contributed by atoms with Crippen LogP contribution >= 0.6 is 11.3 Å². The molecule has 12 rings (SSSR count). The fourth-order valence-electron chi connectivity index (χ4n) is 8.82. The Kier molecular flexibility index (Phi) is 7.37. The highest BCUT2D eigenvalue weighted by molar-refractivity contribution is 7.27. The number of aromatic nitrogens is 4. The van der Waals surface area contributed by atoms with E-state index >= 15 is 0 Å². The van der Waals surface area contributed by atoms with Crippen LogP contribution in [0.15, 0.2) is 194 Å². The van der Waals surface area contributed by atoms with Gasteiger partial charge in [-0.25, -0.2) is 15.0 Å². The van der Waals surface area contributed by atoms with Gasteiger partial charge in [-0.3, -0.25) is 0 Å². The molecule has 0 saturated heterocycles. The van der Waals surface area contributed by atoms with Crippen molar-refractivity contribution in [2.75, 3.05) is 0 Å². The van der Waals surface area contributed by atoms with E-state index in [9.17, 15) is 0 Å². The van der Waals surface area contributed by atoms with Crippen molar-refractivity contribution < 1.29 is 0 Å². The Balaban J connectivity index is 1.06. The summed E-state index contributed by atoms with van der Waals surface area (Å²) < 4.78 is 5.09. The molecular weight excluding hydrogens is 725 g/mol. The first-order chi connectivity index (χ1) is 28.8. The van der Waals surface area contributed by atoms with Gasteiger partial charge in [0.15, 0.2) is 11.5 Å². The smallest absolute Gasteiger partial charge is 0.163 e. The molecule has 0 fully saturated rings. The van der Waals surface area contributed by atoms with Crippen molar-refractivity contribution in [2.45, 2.75) is 0 Å². The van der Waals surface area contributed by atoms with Gasteiger partial charge in [-0.1, -0.05) is 121 Å². The summed E-state index contributed by atoms with van der Waals surface area (Å²) in [5.41, 5.74) is 11.5. The molecule has 0 saturated carbocycles. The highest BCUT2D eigenvalue weighted by Gasteiger charge is 2.22. The molecule has 12 aromatic rings. The van der Waals surface area contributed by atoms with E-state index in [4.69, 9.17) is 15.0 Å². The topological polar surface area (TPSA) is 43.6 Å². The van der Waals surface area contributed by atoms with Crippen molar-refractivity contribution >= 4 is 75.1 Å². The summed E-state index contributed by atoms with van der Waals surface area (Å²) in [6.07, 6.45) is 1.81. The summed E-state index contributed by atoms with van der Waals surface area (Å²) in [5.74, 6) is 0.637. The largest absolute Gasteiger partial charge is 0.309 e. The predicted octanol–water partition coefficient (Wildman–Crippen LogP) is 14.3. The molecule has 4 heterocycles. The van der Waals surface area contributed by atoms with Crippen LogP contribution in [0, 0.1) is 0 Å². The van der Waals surface area contributed by atoms with Crippen molar-refractivity contribution in [3.8, 4) is 50.6 Å². The first-order valence-corrected chi connectivity index (χ1v) is 20.3. The van der Waals surface area contributed by atoms with Crippen LogP contribution in [0.1, 0.15) is 0 Å². The first kappa shape index (κ1) is 32.7. The summed E-state index contributed by atoms with van der Waals surface area (Å²) >= 11 is 1.89. The average molecular weight is 757 g/mol. The van der Waals surface area contributed by atoms with Gasteiger partial charge in [0, 0.05) is 70.1 Å². The number of rotatable bonds is 5. The van der Waals surface area contributed by atoms with Gasteiger partial charge in [-0.15, -0.1) is 11.3 Å². The Hall–Kier alpha value is -7.47. The van der Waals surface area contributed by atoms with Crippen molar-refractivity contribution in [2.24, 2.45) is 0 Å². The molecule has 0 bridgehead atoms. The monoisotopic (exact) mass is 756 g/mol. The Bertz CT molecular complexity index is 3490. The number of fused-ring (bicyclic) bond motifs is 11. The minimum atomic E-state index is 0.637. The summed E-state index contributed by atoms with van der Waals surface area (Å²) in [6.45, 7) is 0. The normalized spacial score (nSPS) is 11.8. The number of hydrogen-bond donors (Lipinski definition) is 0. The number of pyridine rings is 1.